The number of nitrogens with zero attached hydrogens (tertiary/aromatic N) is 2. The first kappa shape index (κ1) is 15.7. The van der Waals surface area contributed by atoms with Gasteiger partial charge in [-0.15, -0.1) is 0 Å². The number of anilines is 1. The van der Waals surface area contributed by atoms with Gasteiger partial charge in [-0.05, 0) is 31.4 Å². The Morgan fingerprint density at radius 2 is 2.19 bits per heavy atom. The fraction of sp³-hybridized carbons (Fsp3) is 0.538. The molecule has 8 heteroatoms. The molecule has 0 amide bonds. The van der Waals surface area contributed by atoms with E-state index in [9.17, 15) is 18.5 Å². The van der Waals surface area contributed by atoms with E-state index in [2.05, 4.69) is 0 Å². The Hall–Kier alpha value is -1.67. The van der Waals surface area contributed by atoms with E-state index in [1.165, 1.54) is 18.2 Å². The summed E-state index contributed by atoms with van der Waals surface area (Å²) in [7, 11) is -3.44. The third-order valence-corrected chi connectivity index (χ3v) is 4.89. The van der Waals surface area contributed by atoms with Crippen LogP contribution in [0.2, 0.25) is 0 Å². The zero-order valence-electron chi connectivity index (χ0n) is 11.9. The molecule has 1 saturated heterocycles. The van der Waals surface area contributed by atoms with E-state index in [1.807, 2.05) is 4.90 Å². The maximum atomic E-state index is 11.9. The molecule has 7 nitrogen and oxygen atoms in total. The number of nitro groups is 1. The normalized spacial score (nSPS) is 19.5. The zero-order valence-corrected chi connectivity index (χ0v) is 12.7. The Labute approximate surface area is 123 Å². The first-order valence-electron chi connectivity index (χ1n) is 6.76. The second-order valence-electron chi connectivity index (χ2n) is 5.37. The van der Waals surface area contributed by atoms with Gasteiger partial charge in [-0.1, -0.05) is 0 Å². The van der Waals surface area contributed by atoms with Crippen LogP contribution in [0, 0.1) is 16.0 Å². The topological polar surface area (TPSA) is 107 Å². The first-order valence-corrected chi connectivity index (χ1v) is 8.65. The third-order valence-electron chi connectivity index (χ3n) is 3.75. The number of hydrogen-bond acceptors (Lipinski definition) is 6. The fourth-order valence-corrected chi connectivity index (χ4v) is 3.54. The average Bonchev–Trinajstić information content (AvgIpc) is 2.45. The van der Waals surface area contributed by atoms with Crippen LogP contribution in [0.15, 0.2) is 23.1 Å². The maximum absolute atomic E-state index is 11.9. The molecular formula is C13H19N3O4S. The molecule has 0 radical (unpaired) electrons. The predicted molar refractivity (Wildman–Crippen MR) is 80.2 cm³/mol. The fourth-order valence-electron chi connectivity index (χ4n) is 2.66. The summed E-state index contributed by atoms with van der Waals surface area (Å²) in [6, 6.07) is 3.88. The maximum Gasteiger partial charge on any atom is 0.271 e. The highest BCUT2D eigenvalue weighted by molar-refractivity contribution is 7.90. The Kier molecular flexibility index (Phi) is 4.48. The summed E-state index contributed by atoms with van der Waals surface area (Å²) in [4.78, 5) is 12.4. The van der Waals surface area contributed by atoms with Crippen molar-refractivity contribution >= 4 is 21.2 Å². The second-order valence-corrected chi connectivity index (χ2v) is 7.36. The molecule has 1 atom stereocenters. The summed E-state index contributed by atoms with van der Waals surface area (Å²) < 4.78 is 23.8. The van der Waals surface area contributed by atoms with Gasteiger partial charge in [0.25, 0.3) is 5.69 Å². The van der Waals surface area contributed by atoms with Crippen LogP contribution in [0.5, 0.6) is 0 Å². The van der Waals surface area contributed by atoms with Crippen molar-refractivity contribution in [1.29, 1.82) is 0 Å². The lowest BCUT2D eigenvalue weighted by molar-refractivity contribution is -0.384. The van der Waals surface area contributed by atoms with E-state index in [4.69, 9.17) is 5.73 Å². The van der Waals surface area contributed by atoms with Crippen LogP contribution in [-0.4, -0.2) is 39.2 Å². The third kappa shape index (κ3) is 3.51. The molecule has 0 aliphatic carbocycles. The highest BCUT2D eigenvalue weighted by atomic mass is 32.2. The van der Waals surface area contributed by atoms with Crippen molar-refractivity contribution in [2.75, 3.05) is 30.8 Å². The van der Waals surface area contributed by atoms with Gasteiger partial charge in [-0.25, -0.2) is 8.42 Å². The van der Waals surface area contributed by atoms with Gasteiger partial charge in [0.1, 0.15) is 0 Å². The van der Waals surface area contributed by atoms with Crippen LogP contribution in [0.4, 0.5) is 11.4 Å². The summed E-state index contributed by atoms with van der Waals surface area (Å²) in [5.41, 5.74) is 6.00. The molecule has 1 aromatic carbocycles. The number of piperidine rings is 1. The molecule has 0 saturated carbocycles. The van der Waals surface area contributed by atoms with Crippen molar-refractivity contribution in [3.05, 3.63) is 28.3 Å². The lowest BCUT2D eigenvalue weighted by Gasteiger charge is -2.34. The van der Waals surface area contributed by atoms with E-state index in [0.29, 0.717) is 25.3 Å². The monoisotopic (exact) mass is 313 g/mol. The van der Waals surface area contributed by atoms with Crippen LogP contribution >= 0.6 is 0 Å². The lowest BCUT2D eigenvalue weighted by Crippen LogP contribution is -2.39. The molecule has 1 aliphatic heterocycles. The van der Waals surface area contributed by atoms with E-state index < -0.39 is 14.8 Å². The van der Waals surface area contributed by atoms with Gasteiger partial charge in [0.05, 0.1) is 15.5 Å². The van der Waals surface area contributed by atoms with Gasteiger partial charge >= 0.3 is 0 Å². The van der Waals surface area contributed by atoms with E-state index >= 15 is 0 Å². The van der Waals surface area contributed by atoms with Gasteiger partial charge in [0.2, 0.25) is 0 Å². The summed E-state index contributed by atoms with van der Waals surface area (Å²) in [5.74, 6) is 0.283. The molecule has 1 aliphatic rings. The second kappa shape index (κ2) is 5.98. The summed E-state index contributed by atoms with van der Waals surface area (Å²) in [6.45, 7) is 1.83. The number of nitrogens with two attached hydrogens (primary N) is 1. The van der Waals surface area contributed by atoms with Crippen LogP contribution < -0.4 is 10.6 Å². The standard InChI is InChI=1S/C13H19N3O4S/c1-21(19,20)13-5-4-11(16(17)18)7-12(13)15-6-2-3-10(8-14)9-15/h4-5,7,10H,2-3,6,8-9,14H2,1H3/t10-/m1/s1. The SMILES string of the molecule is CS(=O)(=O)c1ccc([N+](=O)[O-])cc1N1CCC[C@H](CN)C1. The number of benzene rings is 1. The number of nitro benzene ring substituents is 1. The van der Waals surface area contributed by atoms with Crippen molar-refractivity contribution in [1.82, 2.24) is 0 Å². The predicted octanol–water partition coefficient (Wildman–Crippen LogP) is 1.17. The van der Waals surface area contributed by atoms with Crippen LogP contribution in [0.3, 0.4) is 0 Å². The molecule has 1 heterocycles. The van der Waals surface area contributed by atoms with E-state index in [0.717, 1.165) is 19.1 Å². The van der Waals surface area contributed by atoms with Gasteiger partial charge in [-0.3, -0.25) is 10.1 Å². The van der Waals surface area contributed by atoms with Crippen molar-refractivity contribution in [3.8, 4) is 0 Å². The molecular weight excluding hydrogens is 294 g/mol. The quantitative estimate of drug-likeness (QED) is 0.660. The van der Waals surface area contributed by atoms with Crippen LogP contribution in [-0.2, 0) is 9.84 Å². The van der Waals surface area contributed by atoms with Crippen LogP contribution in [0.25, 0.3) is 0 Å². The minimum absolute atomic E-state index is 0.104. The van der Waals surface area contributed by atoms with Crippen molar-refractivity contribution in [2.45, 2.75) is 17.7 Å². The van der Waals surface area contributed by atoms with E-state index in [-0.39, 0.29) is 16.5 Å². The summed E-state index contributed by atoms with van der Waals surface area (Å²) in [6.07, 6.45) is 3.01. The van der Waals surface area contributed by atoms with E-state index in [1.54, 1.807) is 0 Å². The largest absolute Gasteiger partial charge is 0.370 e. The average molecular weight is 313 g/mol. The Balaban J connectivity index is 2.48. The van der Waals surface area contributed by atoms with Gasteiger partial charge in [0.15, 0.2) is 9.84 Å². The van der Waals surface area contributed by atoms with Gasteiger partial charge in [0, 0.05) is 31.5 Å². The lowest BCUT2D eigenvalue weighted by atomic mass is 9.98. The molecule has 0 unspecified atom stereocenters. The first-order chi connectivity index (χ1) is 9.82. The number of non-ortho nitro benzene ring substituents is 1. The van der Waals surface area contributed by atoms with Crippen molar-refractivity contribution < 1.29 is 13.3 Å². The molecule has 2 rings (SSSR count). The molecule has 0 bridgehead atoms. The van der Waals surface area contributed by atoms with Gasteiger partial charge < -0.3 is 10.6 Å². The molecule has 2 N–H and O–H groups in total. The summed E-state index contributed by atoms with van der Waals surface area (Å²) in [5, 5.41) is 10.9. The molecule has 0 spiro atoms. The minimum Gasteiger partial charge on any atom is -0.370 e. The number of rotatable bonds is 4. The highest BCUT2D eigenvalue weighted by Gasteiger charge is 2.25. The molecule has 0 aromatic heterocycles. The number of sulfone groups is 1. The van der Waals surface area contributed by atoms with Crippen LogP contribution in [0.1, 0.15) is 12.8 Å². The Bertz CT molecular complexity index is 645. The number of hydrogen-bond donors (Lipinski definition) is 1. The molecule has 1 fully saturated rings. The Morgan fingerprint density at radius 3 is 2.76 bits per heavy atom. The smallest absolute Gasteiger partial charge is 0.271 e. The molecule has 21 heavy (non-hydrogen) atoms. The molecule has 1 aromatic rings. The molecule has 116 valence electrons. The minimum atomic E-state index is -3.44. The Morgan fingerprint density at radius 1 is 1.48 bits per heavy atom. The van der Waals surface area contributed by atoms with Crippen molar-refractivity contribution in [3.63, 3.8) is 0 Å². The van der Waals surface area contributed by atoms with Gasteiger partial charge in [-0.2, -0.15) is 0 Å². The zero-order chi connectivity index (χ0) is 15.6. The highest BCUT2D eigenvalue weighted by Crippen LogP contribution is 2.32. The summed E-state index contributed by atoms with van der Waals surface area (Å²) >= 11 is 0. The van der Waals surface area contributed by atoms with Crippen molar-refractivity contribution in [2.24, 2.45) is 11.7 Å².